The van der Waals surface area contributed by atoms with Gasteiger partial charge in [0, 0.05) is 23.2 Å². The van der Waals surface area contributed by atoms with Crippen LogP contribution < -0.4 is 20.6 Å². The number of fused-ring (bicyclic) bond motifs is 1. The second kappa shape index (κ2) is 6.18. The molecule has 120 valence electrons. The van der Waals surface area contributed by atoms with Gasteiger partial charge in [0.25, 0.3) is 0 Å². The molecule has 0 aromatic heterocycles. The maximum absolute atomic E-state index is 10.0. The quantitative estimate of drug-likeness (QED) is 0.747. The lowest BCUT2D eigenvalue weighted by atomic mass is 9.95. The summed E-state index contributed by atoms with van der Waals surface area (Å²) in [7, 11) is 3.18. The van der Waals surface area contributed by atoms with Crippen molar-refractivity contribution in [2.24, 2.45) is 5.10 Å². The van der Waals surface area contributed by atoms with Crippen molar-refractivity contribution >= 4 is 11.4 Å². The zero-order valence-corrected chi connectivity index (χ0v) is 13.0. The lowest BCUT2D eigenvalue weighted by Gasteiger charge is -2.15. The molecule has 0 saturated carbocycles. The Morgan fingerprint density at radius 2 is 1.78 bits per heavy atom. The molecule has 1 atom stereocenters. The van der Waals surface area contributed by atoms with E-state index in [2.05, 4.69) is 10.5 Å². The van der Waals surface area contributed by atoms with E-state index in [0.717, 1.165) is 22.4 Å². The summed E-state index contributed by atoms with van der Waals surface area (Å²) in [6, 6.07) is 11.2. The van der Waals surface area contributed by atoms with Gasteiger partial charge in [-0.05, 0) is 29.8 Å². The Hall–Kier alpha value is -2.73. The number of anilines is 1. The van der Waals surface area contributed by atoms with E-state index in [1.54, 1.807) is 14.2 Å². The van der Waals surface area contributed by atoms with E-state index in [1.807, 2.05) is 36.4 Å². The topological polar surface area (TPSA) is 89.1 Å². The van der Waals surface area contributed by atoms with Crippen molar-refractivity contribution in [3.05, 3.63) is 53.1 Å². The zero-order chi connectivity index (χ0) is 16.4. The molecule has 0 spiro atoms. The fourth-order valence-corrected chi connectivity index (χ4v) is 2.62. The standard InChI is InChI=1S/C17H19N3O3/c1-22-14-7-11-8-16(21)19-20-17(13(11)9-15(14)23-2)10-3-5-12(18)6-4-10/h3-7,9,16,19,21H,8,18H2,1-2H3. The summed E-state index contributed by atoms with van der Waals surface area (Å²) < 4.78 is 10.7. The van der Waals surface area contributed by atoms with E-state index in [-0.39, 0.29) is 0 Å². The van der Waals surface area contributed by atoms with Crippen LogP contribution in [0.1, 0.15) is 16.7 Å². The lowest BCUT2D eigenvalue weighted by molar-refractivity contribution is 0.140. The van der Waals surface area contributed by atoms with Crippen LogP contribution in [0.2, 0.25) is 0 Å². The third-order valence-corrected chi connectivity index (χ3v) is 3.79. The van der Waals surface area contributed by atoms with Gasteiger partial charge in [-0.15, -0.1) is 0 Å². The number of aliphatic hydroxyl groups is 1. The van der Waals surface area contributed by atoms with E-state index in [0.29, 0.717) is 23.6 Å². The molecule has 0 radical (unpaired) electrons. The normalized spacial score (nSPS) is 16.7. The average Bonchev–Trinajstić information content (AvgIpc) is 2.72. The summed E-state index contributed by atoms with van der Waals surface area (Å²) in [6.45, 7) is 0. The summed E-state index contributed by atoms with van der Waals surface area (Å²) >= 11 is 0. The van der Waals surface area contributed by atoms with Crippen molar-refractivity contribution in [2.75, 3.05) is 20.0 Å². The number of nitrogens with zero attached hydrogens (tertiary/aromatic N) is 1. The number of nitrogen functional groups attached to an aromatic ring is 1. The van der Waals surface area contributed by atoms with Crippen molar-refractivity contribution < 1.29 is 14.6 Å². The third kappa shape index (κ3) is 2.93. The van der Waals surface area contributed by atoms with Gasteiger partial charge in [-0.3, -0.25) is 5.43 Å². The summed E-state index contributed by atoms with van der Waals surface area (Å²) in [5, 5.41) is 14.4. The van der Waals surface area contributed by atoms with Gasteiger partial charge in [-0.1, -0.05) is 12.1 Å². The fraction of sp³-hybridized carbons (Fsp3) is 0.235. The number of hydrazone groups is 1. The van der Waals surface area contributed by atoms with Crippen molar-refractivity contribution in [2.45, 2.75) is 12.6 Å². The minimum atomic E-state index is -0.766. The fourth-order valence-electron chi connectivity index (χ4n) is 2.62. The predicted octanol–water partition coefficient (Wildman–Crippen LogP) is 1.50. The van der Waals surface area contributed by atoms with Crippen LogP contribution in [0.3, 0.4) is 0 Å². The summed E-state index contributed by atoms with van der Waals surface area (Å²) in [5.74, 6) is 1.24. The molecule has 0 saturated heterocycles. The molecule has 0 amide bonds. The highest BCUT2D eigenvalue weighted by Crippen LogP contribution is 2.33. The van der Waals surface area contributed by atoms with Gasteiger partial charge in [0.05, 0.1) is 19.9 Å². The number of ether oxygens (including phenoxy) is 2. The molecule has 0 bridgehead atoms. The number of aliphatic hydroxyl groups excluding tert-OH is 1. The van der Waals surface area contributed by atoms with E-state index in [1.165, 1.54) is 0 Å². The second-order valence-electron chi connectivity index (χ2n) is 5.30. The molecule has 2 aromatic rings. The van der Waals surface area contributed by atoms with Crippen LogP contribution in [-0.4, -0.2) is 31.3 Å². The minimum absolute atomic E-state index is 0.414. The Bertz CT molecular complexity index is 741. The molecule has 1 heterocycles. The van der Waals surface area contributed by atoms with Crippen LogP contribution >= 0.6 is 0 Å². The molecule has 6 heteroatoms. The van der Waals surface area contributed by atoms with Gasteiger partial charge in [0.1, 0.15) is 6.23 Å². The Morgan fingerprint density at radius 1 is 1.13 bits per heavy atom. The van der Waals surface area contributed by atoms with Crippen molar-refractivity contribution in [1.29, 1.82) is 0 Å². The number of methoxy groups -OCH3 is 2. The van der Waals surface area contributed by atoms with Crippen LogP contribution in [0.15, 0.2) is 41.5 Å². The van der Waals surface area contributed by atoms with Gasteiger partial charge >= 0.3 is 0 Å². The van der Waals surface area contributed by atoms with E-state index >= 15 is 0 Å². The highest BCUT2D eigenvalue weighted by atomic mass is 16.5. The lowest BCUT2D eigenvalue weighted by Crippen LogP contribution is -2.25. The average molecular weight is 313 g/mol. The first-order valence-corrected chi connectivity index (χ1v) is 7.25. The van der Waals surface area contributed by atoms with Gasteiger partial charge in [0.2, 0.25) is 0 Å². The maximum atomic E-state index is 10.0. The largest absolute Gasteiger partial charge is 0.493 e. The van der Waals surface area contributed by atoms with Gasteiger partial charge < -0.3 is 20.3 Å². The van der Waals surface area contributed by atoms with E-state index in [9.17, 15) is 5.11 Å². The van der Waals surface area contributed by atoms with Crippen LogP contribution in [-0.2, 0) is 6.42 Å². The first-order valence-electron chi connectivity index (χ1n) is 7.25. The molecule has 6 nitrogen and oxygen atoms in total. The second-order valence-corrected chi connectivity index (χ2v) is 5.30. The molecule has 3 rings (SSSR count). The summed E-state index contributed by atoms with van der Waals surface area (Å²) in [4.78, 5) is 0. The number of hydrogen-bond acceptors (Lipinski definition) is 6. The minimum Gasteiger partial charge on any atom is -0.493 e. The molecule has 4 N–H and O–H groups in total. The van der Waals surface area contributed by atoms with Crippen molar-refractivity contribution in [3.8, 4) is 11.5 Å². The number of hydrogen-bond donors (Lipinski definition) is 3. The Kier molecular flexibility index (Phi) is 4.08. The Morgan fingerprint density at radius 3 is 2.43 bits per heavy atom. The Labute approximate surface area is 134 Å². The molecule has 2 aromatic carbocycles. The number of nitrogens with one attached hydrogen (secondary N) is 1. The molecule has 0 aliphatic carbocycles. The Balaban J connectivity index is 2.17. The van der Waals surface area contributed by atoms with Gasteiger partial charge in [0.15, 0.2) is 11.5 Å². The summed E-state index contributed by atoms with van der Waals surface area (Å²) in [5.41, 5.74) is 12.6. The number of rotatable bonds is 3. The molecule has 1 aliphatic heterocycles. The maximum Gasteiger partial charge on any atom is 0.161 e. The first-order chi connectivity index (χ1) is 11.1. The predicted molar refractivity (Wildman–Crippen MR) is 88.9 cm³/mol. The van der Waals surface area contributed by atoms with Gasteiger partial charge in [-0.2, -0.15) is 5.10 Å². The van der Waals surface area contributed by atoms with Crippen LogP contribution in [0, 0.1) is 0 Å². The number of nitrogens with two attached hydrogens (primary N) is 1. The van der Waals surface area contributed by atoms with Crippen LogP contribution in [0.25, 0.3) is 0 Å². The molecule has 1 unspecified atom stereocenters. The SMILES string of the molecule is COc1cc2c(cc1OC)C(c1ccc(N)cc1)=NNC(O)C2. The van der Waals surface area contributed by atoms with E-state index < -0.39 is 6.23 Å². The number of benzene rings is 2. The third-order valence-electron chi connectivity index (χ3n) is 3.79. The van der Waals surface area contributed by atoms with Crippen LogP contribution in [0.5, 0.6) is 11.5 Å². The molecular weight excluding hydrogens is 294 g/mol. The summed E-state index contributed by atoms with van der Waals surface area (Å²) in [6.07, 6.45) is -0.351. The molecule has 0 fully saturated rings. The highest BCUT2D eigenvalue weighted by Gasteiger charge is 2.21. The van der Waals surface area contributed by atoms with Gasteiger partial charge in [-0.25, -0.2) is 0 Å². The van der Waals surface area contributed by atoms with Crippen molar-refractivity contribution in [1.82, 2.24) is 5.43 Å². The monoisotopic (exact) mass is 313 g/mol. The van der Waals surface area contributed by atoms with Crippen LogP contribution in [0.4, 0.5) is 5.69 Å². The van der Waals surface area contributed by atoms with E-state index in [4.69, 9.17) is 15.2 Å². The highest BCUT2D eigenvalue weighted by molar-refractivity contribution is 6.14. The molecule has 1 aliphatic rings. The zero-order valence-electron chi connectivity index (χ0n) is 13.0. The molecular formula is C17H19N3O3. The molecule has 23 heavy (non-hydrogen) atoms. The first kappa shape index (κ1) is 15.2. The smallest absolute Gasteiger partial charge is 0.161 e. The van der Waals surface area contributed by atoms with Crippen molar-refractivity contribution in [3.63, 3.8) is 0 Å².